The van der Waals surface area contributed by atoms with Gasteiger partial charge < -0.3 is 19.7 Å². The van der Waals surface area contributed by atoms with E-state index < -0.39 is 6.10 Å². The van der Waals surface area contributed by atoms with E-state index in [4.69, 9.17) is 9.47 Å². The second-order valence-electron chi connectivity index (χ2n) is 7.26. The molecule has 2 heterocycles. The van der Waals surface area contributed by atoms with Crippen LogP contribution in [0.3, 0.4) is 0 Å². The summed E-state index contributed by atoms with van der Waals surface area (Å²) in [7, 11) is 0. The Morgan fingerprint density at radius 1 is 1.12 bits per heavy atom. The van der Waals surface area contributed by atoms with Crippen molar-refractivity contribution >= 4 is 5.91 Å². The van der Waals surface area contributed by atoms with Gasteiger partial charge in [-0.3, -0.25) is 4.79 Å². The number of amides is 1. The highest BCUT2D eigenvalue weighted by Crippen LogP contribution is 2.34. The minimum atomic E-state index is -0.545. The molecule has 2 aliphatic heterocycles. The maximum Gasteiger partial charge on any atom is 0.267 e. The first-order valence-corrected chi connectivity index (χ1v) is 9.15. The molecule has 1 saturated heterocycles. The molecule has 3 aliphatic rings. The Hall–Kier alpha value is -1.75. The summed E-state index contributed by atoms with van der Waals surface area (Å²) >= 11 is 0. The Balaban J connectivity index is 1.32. The Morgan fingerprint density at radius 3 is 2.46 bits per heavy atom. The van der Waals surface area contributed by atoms with Crippen molar-refractivity contribution in [3.05, 3.63) is 24.3 Å². The molecule has 1 saturated carbocycles. The number of ether oxygens (including phenoxy) is 2. The number of hydrogen-bond acceptors (Lipinski definition) is 4. The molecule has 2 fully saturated rings. The van der Waals surface area contributed by atoms with Gasteiger partial charge in [-0.25, -0.2) is 0 Å². The molecule has 24 heavy (non-hydrogen) atoms. The molecule has 5 nitrogen and oxygen atoms in total. The second kappa shape index (κ2) is 6.63. The lowest BCUT2D eigenvalue weighted by Gasteiger charge is -2.37. The molecule has 1 aromatic rings. The first kappa shape index (κ1) is 15.8. The van der Waals surface area contributed by atoms with Crippen molar-refractivity contribution in [3.8, 4) is 11.5 Å². The van der Waals surface area contributed by atoms with Crippen molar-refractivity contribution in [2.24, 2.45) is 5.92 Å². The maximum absolute atomic E-state index is 12.9. The number of hydrogen-bond donors (Lipinski definition) is 1. The van der Waals surface area contributed by atoms with E-state index >= 15 is 0 Å². The van der Waals surface area contributed by atoms with E-state index in [-0.39, 0.29) is 12.0 Å². The summed E-state index contributed by atoms with van der Waals surface area (Å²) in [5.41, 5.74) is 0. The highest BCUT2D eigenvalue weighted by molar-refractivity contribution is 5.82. The number of para-hydroxylation sites is 2. The molecule has 1 aromatic carbocycles. The smallest absolute Gasteiger partial charge is 0.267 e. The standard InChI is InChI=1S/C19H26N2O3/c1-13-18(24-17-5-3-2-4-16(17)23-13)19(22)21-10-8-15(9-11-21)20-12-14-6-7-14/h2-5,13-15,18,20H,6-12H2,1H3. The predicted octanol–water partition coefficient (Wildman–Crippen LogP) is 2.21. The van der Waals surface area contributed by atoms with E-state index in [9.17, 15) is 4.79 Å². The monoisotopic (exact) mass is 330 g/mol. The van der Waals surface area contributed by atoms with Crippen molar-refractivity contribution in [3.63, 3.8) is 0 Å². The van der Waals surface area contributed by atoms with Gasteiger partial charge in [0, 0.05) is 19.1 Å². The fourth-order valence-corrected chi connectivity index (χ4v) is 3.53. The summed E-state index contributed by atoms with van der Waals surface area (Å²) in [5.74, 6) is 2.34. The summed E-state index contributed by atoms with van der Waals surface area (Å²) in [6, 6.07) is 8.10. The van der Waals surface area contributed by atoms with Crippen LogP contribution in [-0.4, -0.2) is 48.7 Å². The van der Waals surface area contributed by atoms with Gasteiger partial charge in [-0.2, -0.15) is 0 Å². The molecule has 1 aliphatic carbocycles. The highest BCUT2D eigenvalue weighted by Gasteiger charge is 2.38. The summed E-state index contributed by atoms with van der Waals surface area (Å²) in [6.45, 7) is 4.65. The van der Waals surface area contributed by atoms with Crippen LogP contribution in [0.25, 0.3) is 0 Å². The van der Waals surface area contributed by atoms with E-state index in [1.807, 2.05) is 36.1 Å². The molecule has 2 atom stereocenters. The lowest BCUT2D eigenvalue weighted by molar-refractivity contribution is -0.145. The third kappa shape index (κ3) is 3.36. The van der Waals surface area contributed by atoms with Crippen molar-refractivity contribution in [2.45, 2.75) is 50.9 Å². The zero-order chi connectivity index (χ0) is 16.5. The molecule has 1 N–H and O–H groups in total. The number of nitrogens with zero attached hydrogens (tertiary/aromatic N) is 1. The molecule has 0 aromatic heterocycles. The number of carbonyl (C=O) groups excluding carboxylic acids is 1. The molecule has 0 bridgehead atoms. The lowest BCUT2D eigenvalue weighted by Crippen LogP contribution is -2.54. The van der Waals surface area contributed by atoms with Crippen LogP contribution in [0.2, 0.25) is 0 Å². The fraction of sp³-hybridized carbons (Fsp3) is 0.632. The molecule has 5 heteroatoms. The second-order valence-corrected chi connectivity index (χ2v) is 7.26. The average Bonchev–Trinajstić information content (AvgIpc) is 3.44. The number of piperidine rings is 1. The van der Waals surface area contributed by atoms with Crippen LogP contribution in [0.5, 0.6) is 11.5 Å². The Kier molecular flexibility index (Phi) is 4.35. The van der Waals surface area contributed by atoms with Gasteiger partial charge >= 0.3 is 0 Å². The lowest BCUT2D eigenvalue weighted by atomic mass is 10.0. The van der Waals surface area contributed by atoms with Crippen LogP contribution in [0.4, 0.5) is 0 Å². The number of carbonyl (C=O) groups is 1. The van der Waals surface area contributed by atoms with E-state index in [1.54, 1.807) is 0 Å². The maximum atomic E-state index is 12.9. The van der Waals surface area contributed by atoms with Gasteiger partial charge in [0.05, 0.1) is 0 Å². The molecule has 130 valence electrons. The van der Waals surface area contributed by atoms with Gasteiger partial charge in [-0.15, -0.1) is 0 Å². The van der Waals surface area contributed by atoms with Crippen LogP contribution in [0.15, 0.2) is 24.3 Å². The van der Waals surface area contributed by atoms with E-state index in [0.29, 0.717) is 11.8 Å². The number of likely N-dealkylation sites (tertiary alicyclic amines) is 1. The zero-order valence-electron chi connectivity index (χ0n) is 14.2. The quantitative estimate of drug-likeness (QED) is 0.920. The minimum absolute atomic E-state index is 0.0534. The Morgan fingerprint density at radius 2 is 1.79 bits per heavy atom. The van der Waals surface area contributed by atoms with Gasteiger partial charge in [-0.05, 0) is 57.2 Å². The van der Waals surface area contributed by atoms with Gasteiger partial charge in [0.15, 0.2) is 11.5 Å². The average molecular weight is 330 g/mol. The summed E-state index contributed by atoms with van der Waals surface area (Å²) in [4.78, 5) is 14.8. The first-order chi connectivity index (χ1) is 11.7. The molecule has 0 spiro atoms. The largest absolute Gasteiger partial charge is 0.482 e. The molecular formula is C19H26N2O3. The van der Waals surface area contributed by atoms with Crippen LogP contribution < -0.4 is 14.8 Å². The third-order valence-corrected chi connectivity index (χ3v) is 5.28. The third-order valence-electron chi connectivity index (χ3n) is 5.28. The van der Waals surface area contributed by atoms with Gasteiger partial charge in [0.25, 0.3) is 5.91 Å². The summed E-state index contributed by atoms with van der Waals surface area (Å²) in [5, 5.41) is 3.65. The van der Waals surface area contributed by atoms with Crippen molar-refractivity contribution in [1.29, 1.82) is 0 Å². The summed E-state index contributed by atoms with van der Waals surface area (Å²) < 4.78 is 11.8. The number of nitrogens with one attached hydrogen (secondary N) is 1. The number of benzene rings is 1. The van der Waals surface area contributed by atoms with E-state index in [0.717, 1.165) is 44.1 Å². The molecule has 1 amide bonds. The molecule has 2 unspecified atom stereocenters. The van der Waals surface area contributed by atoms with Crippen LogP contribution in [-0.2, 0) is 4.79 Å². The molecule has 4 rings (SSSR count). The first-order valence-electron chi connectivity index (χ1n) is 9.15. The van der Waals surface area contributed by atoms with Crippen molar-refractivity contribution in [2.75, 3.05) is 19.6 Å². The van der Waals surface area contributed by atoms with Crippen molar-refractivity contribution in [1.82, 2.24) is 10.2 Å². The van der Waals surface area contributed by atoms with E-state index in [2.05, 4.69) is 5.32 Å². The topological polar surface area (TPSA) is 50.8 Å². The minimum Gasteiger partial charge on any atom is -0.482 e. The molecular weight excluding hydrogens is 304 g/mol. The molecule has 0 radical (unpaired) electrons. The number of fused-ring (bicyclic) bond motifs is 1. The van der Waals surface area contributed by atoms with Gasteiger partial charge in [0.2, 0.25) is 6.10 Å². The summed E-state index contributed by atoms with van der Waals surface area (Å²) in [6.07, 6.45) is 3.99. The van der Waals surface area contributed by atoms with Crippen molar-refractivity contribution < 1.29 is 14.3 Å². The Bertz CT molecular complexity index is 594. The van der Waals surface area contributed by atoms with Gasteiger partial charge in [-0.1, -0.05) is 12.1 Å². The fourth-order valence-electron chi connectivity index (χ4n) is 3.53. The van der Waals surface area contributed by atoms with Crippen LogP contribution in [0.1, 0.15) is 32.6 Å². The SMILES string of the molecule is CC1Oc2ccccc2OC1C(=O)N1CCC(NCC2CC2)CC1. The van der Waals surface area contributed by atoms with Gasteiger partial charge in [0.1, 0.15) is 6.10 Å². The van der Waals surface area contributed by atoms with Crippen LogP contribution in [0, 0.1) is 5.92 Å². The predicted molar refractivity (Wildman–Crippen MR) is 91.3 cm³/mol. The Labute approximate surface area is 143 Å². The number of rotatable bonds is 4. The zero-order valence-corrected chi connectivity index (χ0v) is 14.2. The normalized spacial score (nSPS) is 27.1. The highest BCUT2D eigenvalue weighted by atomic mass is 16.6. The van der Waals surface area contributed by atoms with E-state index in [1.165, 1.54) is 12.8 Å². The van der Waals surface area contributed by atoms with Crippen LogP contribution >= 0.6 is 0 Å².